The van der Waals surface area contributed by atoms with Crippen LogP contribution in [0.1, 0.15) is 13.8 Å². The molecule has 0 aliphatic heterocycles. The van der Waals surface area contributed by atoms with E-state index < -0.39 is 7.12 Å². The fourth-order valence-corrected chi connectivity index (χ4v) is 1.51. The van der Waals surface area contributed by atoms with Crippen LogP contribution in [0.25, 0.3) is 11.1 Å². The maximum absolute atomic E-state index is 9.05. The SMILES string of the molecule is CC.OB(O)c1cccc(-c2ccccc2)c1. The van der Waals surface area contributed by atoms with Gasteiger partial charge >= 0.3 is 7.12 Å². The third-order valence-electron chi connectivity index (χ3n) is 2.29. The predicted octanol–water partition coefficient (Wildman–Crippen LogP) is 2.06. The molecule has 0 atom stereocenters. The molecule has 17 heavy (non-hydrogen) atoms. The van der Waals surface area contributed by atoms with Crippen molar-refractivity contribution in [2.75, 3.05) is 0 Å². The zero-order chi connectivity index (χ0) is 12.7. The largest absolute Gasteiger partial charge is 0.488 e. The number of hydrogen-bond acceptors (Lipinski definition) is 2. The molecule has 88 valence electrons. The van der Waals surface area contributed by atoms with Gasteiger partial charge in [0, 0.05) is 0 Å². The molecular formula is C14H17BO2. The Labute approximate surface area is 103 Å². The fourth-order valence-electron chi connectivity index (χ4n) is 1.51. The maximum atomic E-state index is 9.05. The summed E-state index contributed by atoms with van der Waals surface area (Å²) in [5, 5.41) is 18.1. The standard InChI is InChI=1S/C12H11BO2.C2H6/c14-13(15)12-8-4-7-11(9-12)10-5-2-1-3-6-10;1-2/h1-9,14-15H;1-2H3. The summed E-state index contributed by atoms with van der Waals surface area (Å²) in [5.74, 6) is 0. The van der Waals surface area contributed by atoms with Gasteiger partial charge in [0.2, 0.25) is 0 Å². The minimum atomic E-state index is -1.41. The van der Waals surface area contributed by atoms with Gasteiger partial charge in [-0.05, 0) is 16.6 Å². The van der Waals surface area contributed by atoms with Gasteiger partial charge in [-0.2, -0.15) is 0 Å². The molecule has 0 spiro atoms. The molecule has 0 amide bonds. The first-order valence-electron chi connectivity index (χ1n) is 5.79. The second-order valence-electron chi connectivity index (χ2n) is 3.37. The molecule has 0 aliphatic rings. The van der Waals surface area contributed by atoms with E-state index >= 15 is 0 Å². The number of benzene rings is 2. The summed E-state index contributed by atoms with van der Waals surface area (Å²) in [6.45, 7) is 4.00. The highest BCUT2D eigenvalue weighted by Gasteiger charge is 2.10. The summed E-state index contributed by atoms with van der Waals surface area (Å²) >= 11 is 0. The Balaban J connectivity index is 0.000000686. The highest BCUT2D eigenvalue weighted by atomic mass is 16.4. The van der Waals surface area contributed by atoms with Crippen molar-refractivity contribution in [3.8, 4) is 11.1 Å². The zero-order valence-electron chi connectivity index (χ0n) is 10.2. The van der Waals surface area contributed by atoms with Gasteiger partial charge in [0.15, 0.2) is 0 Å². The molecule has 0 aliphatic carbocycles. The van der Waals surface area contributed by atoms with Crippen LogP contribution in [-0.2, 0) is 0 Å². The normalized spacial score (nSPS) is 9.18. The average Bonchev–Trinajstić information content (AvgIpc) is 2.42. The Kier molecular flexibility index (Phi) is 5.47. The van der Waals surface area contributed by atoms with E-state index in [1.54, 1.807) is 12.1 Å². The van der Waals surface area contributed by atoms with Crippen LogP contribution in [0.15, 0.2) is 54.6 Å². The summed E-state index contributed by atoms with van der Waals surface area (Å²) < 4.78 is 0. The Hall–Kier alpha value is -1.58. The van der Waals surface area contributed by atoms with Gasteiger partial charge in [0.25, 0.3) is 0 Å². The summed E-state index contributed by atoms with van der Waals surface area (Å²) in [6, 6.07) is 17.1. The first-order valence-corrected chi connectivity index (χ1v) is 5.79. The first-order chi connectivity index (χ1) is 8.27. The Morgan fingerprint density at radius 1 is 0.765 bits per heavy atom. The lowest BCUT2D eigenvalue weighted by atomic mass is 9.79. The van der Waals surface area contributed by atoms with Crippen molar-refractivity contribution in [3.63, 3.8) is 0 Å². The molecule has 0 fully saturated rings. The molecule has 0 saturated heterocycles. The third kappa shape index (κ3) is 3.73. The predicted molar refractivity (Wildman–Crippen MR) is 73.1 cm³/mol. The minimum Gasteiger partial charge on any atom is -0.423 e. The second kappa shape index (κ2) is 6.89. The van der Waals surface area contributed by atoms with E-state index in [4.69, 9.17) is 10.0 Å². The molecule has 2 N–H and O–H groups in total. The van der Waals surface area contributed by atoms with Crippen molar-refractivity contribution >= 4 is 12.6 Å². The van der Waals surface area contributed by atoms with Crippen LogP contribution in [0.5, 0.6) is 0 Å². The van der Waals surface area contributed by atoms with E-state index in [-0.39, 0.29) is 0 Å². The van der Waals surface area contributed by atoms with Crippen molar-refractivity contribution in [2.24, 2.45) is 0 Å². The van der Waals surface area contributed by atoms with Gasteiger partial charge in [-0.15, -0.1) is 0 Å². The molecule has 2 nitrogen and oxygen atoms in total. The molecule has 2 rings (SSSR count). The van der Waals surface area contributed by atoms with Crippen LogP contribution in [0.4, 0.5) is 0 Å². The van der Waals surface area contributed by atoms with E-state index in [2.05, 4.69) is 0 Å². The van der Waals surface area contributed by atoms with E-state index in [9.17, 15) is 0 Å². The highest BCUT2D eigenvalue weighted by Crippen LogP contribution is 2.16. The third-order valence-corrected chi connectivity index (χ3v) is 2.29. The van der Waals surface area contributed by atoms with Gasteiger partial charge in [0.05, 0.1) is 0 Å². The topological polar surface area (TPSA) is 40.5 Å². The minimum absolute atomic E-state index is 0.511. The summed E-state index contributed by atoms with van der Waals surface area (Å²) in [4.78, 5) is 0. The van der Waals surface area contributed by atoms with Crippen LogP contribution in [-0.4, -0.2) is 17.2 Å². The molecule has 0 bridgehead atoms. The van der Waals surface area contributed by atoms with Gasteiger partial charge in [0.1, 0.15) is 0 Å². The molecule has 0 radical (unpaired) electrons. The molecular weight excluding hydrogens is 211 g/mol. The quantitative estimate of drug-likeness (QED) is 0.772. The van der Waals surface area contributed by atoms with Crippen molar-refractivity contribution in [3.05, 3.63) is 54.6 Å². The first kappa shape index (κ1) is 13.5. The lowest BCUT2D eigenvalue weighted by Crippen LogP contribution is -2.29. The van der Waals surface area contributed by atoms with Crippen LogP contribution in [0.2, 0.25) is 0 Å². The van der Waals surface area contributed by atoms with Gasteiger partial charge in [-0.1, -0.05) is 68.4 Å². The molecule has 2 aromatic rings. The lowest BCUT2D eigenvalue weighted by Gasteiger charge is -2.04. The van der Waals surface area contributed by atoms with Crippen LogP contribution < -0.4 is 5.46 Å². The van der Waals surface area contributed by atoms with E-state index in [0.29, 0.717) is 5.46 Å². The van der Waals surface area contributed by atoms with Crippen molar-refractivity contribution in [2.45, 2.75) is 13.8 Å². The number of rotatable bonds is 2. The Bertz CT molecular complexity index is 441. The maximum Gasteiger partial charge on any atom is 0.488 e. The summed E-state index contributed by atoms with van der Waals surface area (Å²) in [6.07, 6.45) is 0. The zero-order valence-corrected chi connectivity index (χ0v) is 10.2. The van der Waals surface area contributed by atoms with Gasteiger partial charge < -0.3 is 10.0 Å². The average molecular weight is 228 g/mol. The van der Waals surface area contributed by atoms with Crippen LogP contribution in [0, 0.1) is 0 Å². The van der Waals surface area contributed by atoms with Gasteiger partial charge in [-0.25, -0.2) is 0 Å². The van der Waals surface area contributed by atoms with E-state index in [0.717, 1.165) is 11.1 Å². The fraction of sp³-hybridized carbons (Fsp3) is 0.143. The smallest absolute Gasteiger partial charge is 0.423 e. The van der Waals surface area contributed by atoms with E-state index in [1.165, 1.54) is 0 Å². The summed E-state index contributed by atoms with van der Waals surface area (Å²) in [5.41, 5.74) is 2.57. The second-order valence-corrected chi connectivity index (χ2v) is 3.37. The van der Waals surface area contributed by atoms with E-state index in [1.807, 2.05) is 56.3 Å². The summed E-state index contributed by atoms with van der Waals surface area (Å²) in [7, 11) is -1.41. The molecule has 0 unspecified atom stereocenters. The molecule has 2 aromatic carbocycles. The molecule has 0 aromatic heterocycles. The van der Waals surface area contributed by atoms with Crippen molar-refractivity contribution < 1.29 is 10.0 Å². The molecule has 3 heteroatoms. The van der Waals surface area contributed by atoms with Crippen molar-refractivity contribution in [1.29, 1.82) is 0 Å². The Morgan fingerprint density at radius 3 is 1.94 bits per heavy atom. The molecule has 0 heterocycles. The Morgan fingerprint density at radius 2 is 1.35 bits per heavy atom. The van der Waals surface area contributed by atoms with Gasteiger partial charge in [-0.3, -0.25) is 0 Å². The lowest BCUT2D eigenvalue weighted by molar-refractivity contribution is 0.426. The number of hydrogen-bond donors (Lipinski definition) is 2. The highest BCUT2D eigenvalue weighted by molar-refractivity contribution is 6.58. The van der Waals surface area contributed by atoms with Crippen LogP contribution in [0.3, 0.4) is 0 Å². The monoisotopic (exact) mass is 228 g/mol. The van der Waals surface area contributed by atoms with Crippen molar-refractivity contribution in [1.82, 2.24) is 0 Å². The molecule has 0 saturated carbocycles. The van der Waals surface area contributed by atoms with Crippen LogP contribution >= 0.6 is 0 Å².